The van der Waals surface area contributed by atoms with Crippen molar-refractivity contribution in [3.63, 3.8) is 0 Å². The molecule has 0 spiro atoms. The van der Waals surface area contributed by atoms with Crippen LogP contribution in [-0.4, -0.2) is 30.4 Å². The second kappa shape index (κ2) is 4.17. The van der Waals surface area contributed by atoms with Crippen LogP contribution in [0.2, 0.25) is 0 Å². The maximum atomic E-state index is 10.3. The molecule has 0 bridgehead atoms. The summed E-state index contributed by atoms with van der Waals surface area (Å²) < 4.78 is 11.4. The van der Waals surface area contributed by atoms with Crippen LogP contribution in [0.1, 0.15) is 22.7 Å². The standard InChI is InChI=1S/C18H17NO3/c1-19-6-5-10-7-15-18(22-9-21-15)17-11-3-2-4-14(20)12(11)8-13(19)16(10)17/h2-4,7,13,20H,5-6,8-9H2,1H3. The molecule has 3 aliphatic rings. The van der Waals surface area contributed by atoms with E-state index in [1.54, 1.807) is 6.07 Å². The number of hydrogen-bond acceptors (Lipinski definition) is 4. The molecule has 0 radical (unpaired) electrons. The van der Waals surface area contributed by atoms with Crippen LogP contribution < -0.4 is 9.47 Å². The fourth-order valence-electron chi connectivity index (χ4n) is 4.11. The van der Waals surface area contributed by atoms with Crippen LogP contribution in [0.25, 0.3) is 11.1 Å². The van der Waals surface area contributed by atoms with Gasteiger partial charge >= 0.3 is 0 Å². The minimum absolute atomic E-state index is 0.278. The van der Waals surface area contributed by atoms with E-state index < -0.39 is 0 Å². The molecule has 0 fully saturated rings. The van der Waals surface area contributed by atoms with Crippen molar-refractivity contribution >= 4 is 0 Å². The van der Waals surface area contributed by atoms with Gasteiger partial charge in [0.1, 0.15) is 5.75 Å². The highest BCUT2D eigenvalue weighted by Gasteiger charge is 2.38. The SMILES string of the molecule is CN1CCc2cc3c(c4c2C1Cc1c(O)cccc1-4)OCO3. The fraction of sp³-hybridized carbons (Fsp3) is 0.333. The van der Waals surface area contributed by atoms with Gasteiger partial charge in [-0.2, -0.15) is 0 Å². The van der Waals surface area contributed by atoms with E-state index in [0.29, 0.717) is 11.8 Å². The Morgan fingerprint density at radius 2 is 2.18 bits per heavy atom. The molecule has 2 aromatic carbocycles. The smallest absolute Gasteiger partial charge is 0.231 e. The molecule has 2 aliphatic heterocycles. The molecule has 22 heavy (non-hydrogen) atoms. The Hall–Kier alpha value is -2.20. The van der Waals surface area contributed by atoms with Crippen LogP contribution in [0.3, 0.4) is 0 Å². The van der Waals surface area contributed by atoms with Crippen LogP contribution >= 0.6 is 0 Å². The van der Waals surface area contributed by atoms with E-state index in [4.69, 9.17) is 9.47 Å². The topological polar surface area (TPSA) is 41.9 Å². The summed E-state index contributed by atoms with van der Waals surface area (Å²) in [6.07, 6.45) is 1.87. The predicted molar refractivity (Wildman–Crippen MR) is 82.4 cm³/mol. The average Bonchev–Trinajstić information content (AvgIpc) is 2.99. The third-order valence-electron chi connectivity index (χ3n) is 5.21. The summed E-state index contributed by atoms with van der Waals surface area (Å²) in [6.45, 7) is 1.31. The van der Waals surface area contributed by atoms with E-state index in [1.165, 1.54) is 11.1 Å². The number of phenols is 1. The lowest BCUT2D eigenvalue weighted by Crippen LogP contribution is -2.35. The highest BCUT2D eigenvalue weighted by Crippen LogP contribution is 2.54. The zero-order valence-electron chi connectivity index (χ0n) is 12.4. The molecule has 1 unspecified atom stereocenters. The molecule has 4 heteroatoms. The van der Waals surface area contributed by atoms with E-state index in [2.05, 4.69) is 24.1 Å². The van der Waals surface area contributed by atoms with Crippen LogP contribution in [0.15, 0.2) is 24.3 Å². The lowest BCUT2D eigenvalue weighted by Gasteiger charge is -2.40. The summed E-state index contributed by atoms with van der Waals surface area (Å²) in [6, 6.07) is 8.21. The highest BCUT2D eigenvalue weighted by molar-refractivity contribution is 5.85. The van der Waals surface area contributed by atoms with Gasteiger partial charge in [-0.1, -0.05) is 12.1 Å². The number of benzene rings is 2. The summed E-state index contributed by atoms with van der Waals surface area (Å²) >= 11 is 0. The van der Waals surface area contributed by atoms with Gasteiger partial charge in [0.15, 0.2) is 11.5 Å². The van der Waals surface area contributed by atoms with Gasteiger partial charge in [-0.15, -0.1) is 0 Å². The zero-order valence-corrected chi connectivity index (χ0v) is 12.4. The zero-order chi connectivity index (χ0) is 14.8. The monoisotopic (exact) mass is 295 g/mol. The van der Waals surface area contributed by atoms with E-state index in [-0.39, 0.29) is 6.79 Å². The Labute approximate surface area is 128 Å². The van der Waals surface area contributed by atoms with Gasteiger partial charge in [0.05, 0.1) is 0 Å². The summed E-state index contributed by atoms with van der Waals surface area (Å²) in [5.74, 6) is 2.05. The summed E-state index contributed by atoms with van der Waals surface area (Å²) in [7, 11) is 2.16. The van der Waals surface area contributed by atoms with Crippen LogP contribution in [0.5, 0.6) is 17.2 Å². The minimum Gasteiger partial charge on any atom is -0.508 e. The van der Waals surface area contributed by atoms with E-state index in [9.17, 15) is 5.11 Å². The lowest BCUT2D eigenvalue weighted by atomic mass is 9.76. The highest BCUT2D eigenvalue weighted by atomic mass is 16.7. The number of likely N-dealkylation sites (N-methyl/N-ethyl adjacent to an activating group) is 1. The van der Waals surface area contributed by atoms with Gasteiger partial charge in [-0.05, 0) is 48.7 Å². The predicted octanol–water partition coefficient (Wildman–Crippen LogP) is 2.87. The number of aromatic hydroxyl groups is 1. The van der Waals surface area contributed by atoms with Crippen molar-refractivity contribution in [1.82, 2.24) is 4.90 Å². The van der Waals surface area contributed by atoms with Gasteiger partial charge < -0.3 is 14.6 Å². The van der Waals surface area contributed by atoms with Crippen molar-refractivity contribution in [2.24, 2.45) is 0 Å². The van der Waals surface area contributed by atoms with Crippen molar-refractivity contribution in [3.05, 3.63) is 41.0 Å². The molecule has 2 aromatic rings. The van der Waals surface area contributed by atoms with Crippen LogP contribution in [0, 0.1) is 0 Å². The van der Waals surface area contributed by atoms with Crippen molar-refractivity contribution in [3.8, 4) is 28.4 Å². The second-order valence-corrected chi connectivity index (χ2v) is 6.31. The Morgan fingerprint density at radius 1 is 1.27 bits per heavy atom. The van der Waals surface area contributed by atoms with Crippen molar-refractivity contribution in [2.45, 2.75) is 18.9 Å². The van der Waals surface area contributed by atoms with E-state index in [1.807, 2.05) is 6.07 Å². The van der Waals surface area contributed by atoms with Crippen molar-refractivity contribution in [1.29, 1.82) is 0 Å². The maximum absolute atomic E-state index is 10.3. The Kier molecular flexibility index (Phi) is 2.34. The molecule has 2 heterocycles. The van der Waals surface area contributed by atoms with Gasteiger partial charge in [0.25, 0.3) is 0 Å². The minimum atomic E-state index is 0.278. The number of phenolic OH excluding ortho intramolecular Hbond substituents is 1. The Bertz CT molecular complexity index is 799. The van der Waals surface area contributed by atoms with Crippen molar-refractivity contribution < 1.29 is 14.6 Å². The number of hydrogen-bond donors (Lipinski definition) is 1. The summed E-state index contributed by atoms with van der Waals surface area (Å²) in [5, 5.41) is 10.3. The molecule has 1 atom stereocenters. The molecule has 1 N–H and O–H groups in total. The molecular formula is C18H17NO3. The van der Waals surface area contributed by atoms with Gasteiger partial charge in [-0.3, -0.25) is 4.90 Å². The molecule has 0 saturated carbocycles. The fourth-order valence-corrected chi connectivity index (χ4v) is 4.11. The first-order valence-corrected chi connectivity index (χ1v) is 7.71. The normalized spacial score (nSPS) is 21.4. The molecule has 0 amide bonds. The van der Waals surface area contributed by atoms with Crippen molar-refractivity contribution in [2.75, 3.05) is 20.4 Å². The van der Waals surface area contributed by atoms with Crippen LogP contribution in [-0.2, 0) is 12.8 Å². The molecule has 5 rings (SSSR count). The second-order valence-electron chi connectivity index (χ2n) is 6.31. The number of ether oxygens (including phenoxy) is 2. The molecule has 0 saturated heterocycles. The van der Waals surface area contributed by atoms with Crippen LogP contribution in [0.4, 0.5) is 0 Å². The summed E-state index contributed by atoms with van der Waals surface area (Å²) in [4.78, 5) is 2.38. The molecule has 1 aliphatic carbocycles. The van der Waals surface area contributed by atoms with E-state index in [0.717, 1.165) is 47.6 Å². The van der Waals surface area contributed by atoms with Gasteiger partial charge in [0, 0.05) is 23.7 Å². The lowest BCUT2D eigenvalue weighted by molar-refractivity contribution is 0.174. The first kappa shape index (κ1) is 12.4. The molecule has 112 valence electrons. The Morgan fingerprint density at radius 3 is 3.09 bits per heavy atom. The quantitative estimate of drug-likeness (QED) is 0.811. The van der Waals surface area contributed by atoms with E-state index >= 15 is 0 Å². The first-order chi connectivity index (χ1) is 10.7. The van der Waals surface area contributed by atoms with Gasteiger partial charge in [0.2, 0.25) is 6.79 Å². The third-order valence-corrected chi connectivity index (χ3v) is 5.21. The first-order valence-electron chi connectivity index (χ1n) is 7.71. The number of nitrogens with zero attached hydrogens (tertiary/aromatic N) is 1. The number of rotatable bonds is 0. The van der Waals surface area contributed by atoms with Gasteiger partial charge in [-0.25, -0.2) is 0 Å². The molecule has 0 aromatic heterocycles. The Balaban J connectivity index is 1.89. The molecular weight excluding hydrogens is 278 g/mol. The summed E-state index contributed by atoms with van der Waals surface area (Å²) in [5.41, 5.74) is 5.94. The number of fused-ring (bicyclic) bond motifs is 4. The average molecular weight is 295 g/mol. The maximum Gasteiger partial charge on any atom is 0.231 e. The third kappa shape index (κ3) is 1.45. The molecule has 4 nitrogen and oxygen atoms in total. The largest absolute Gasteiger partial charge is 0.508 e.